The third-order valence-corrected chi connectivity index (χ3v) is 4.02. The standard InChI is InChI=1S/C9H17ClN2O2S/c1-15(13,14)12-7-3-9(4-8-12)11-6-2-5-10/h2,5,9,11H,3-4,6-8H2,1H3/b5-2+. The molecule has 1 heterocycles. The van der Waals surface area contributed by atoms with Crippen LogP contribution >= 0.6 is 11.6 Å². The van der Waals surface area contributed by atoms with E-state index < -0.39 is 10.0 Å². The number of nitrogens with one attached hydrogen (secondary N) is 1. The van der Waals surface area contributed by atoms with Crippen LogP contribution in [0.1, 0.15) is 12.8 Å². The van der Waals surface area contributed by atoms with E-state index in [4.69, 9.17) is 11.6 Å². The highest BCUT2D eigenvalue weighted by Crippen LogP contribution is 2.12. The van der Waals surface area contributed by atoms with E-state index in [1.165, 1.54) is 16.1 Å². The highest BCUT2D eigenvalue weighted by atomic mass is 35.5. The van der Waals surface area contributed by atoms with Gasteiger partial charge in [0.25, 0.3) is 0 Å². The molecule has 1 N–H and O–H groups in total. The normalized spacial score (nSPS) is 21.2. The van der Waals surface area contributed by atoms with Crippen molar-refractivity contribution in [3.8, 4) is 0 Å². The molecule has 6 heteroatoms. The minimum Gasteiger partial charge on any atom is -0.310 e. The van der Waals surface area contributed by atoms with Gasteiger partial charge in [-0.25, -0.2) is 12.7 Å². The van der Waals surface area contributed by atoms with Crippen molar-refractivity contribution in [1.29, 1.82) is 0 Å². The van der Waals surface area contributed by atoms with E-state index >= 15 is 0 Å². The molecular weight excluding hydrogens is 236 g/mol. The van der Waals surface area contributed by atoms with Crippen molar-refractivity contribution < 1.29 is 8.42 Å². The summed E-state index contributed by atoms with van der Waals surface area (Å²) < 4.78 is 24.0. The Hall–Kier alpha value is -0.100. The average Bonchev–Trinajstić information content (AvgIpc) is 2.18. The number of piperidine rings is 1. The lowest BCUT2D eigenvalue weighted by Gasteiger charge is -2.30. The summed E-state index contributed by atoms with van der Waals surface area (Å²) in [4.78, 5) is 0. The van der Waals surface area contributed by atoms with Gasteiger partial charge in [-0.05, 0) is 12.8 Å². The van der Waals surface area contributed by atoms with Gasteiger partial charge < -0.3 is 5.32 Å². The lowest BCUT2D eigenvalue weighted by molar-refractivity contribution is 0.296. The summed E-state index contributed by atoms with van der Waals surface area (Å²) in [5, 5.41) is 3.30. The molecule has 0 spiro atoms. The van der Waals surface area contributed by atoms with Crippen molar-refractivity contribution in [2.24, 2.45) is 0 Å². The van der Waals surface area contributed by atoms with Crippen LogP contribution in [0.25, 0.3) is 0 Å². The number of hydrogen-bond donors (Lipinski definition) is 1. The number of sulfonamides is 1. The maximum atomic E-state index is 11.2. The molecule has 1 rings (SSSR count). The maximum Gasteiger partial charge on any atom is 0.211 e. The van der Waals surface area contributed by atoms with Crippen LogP contribution in [-0.2, 0) is 10.0 Å². The molecule has 0 aromatic heterocycles. The summed E-state index contributed by atoms with van der Waals surface area (Å²) in [5.74, 6) is 0. The summed E-state index contributed by atoms with van der Waals surface area (Å²) in [6, 6.07) is 0.399. The largest absolute Gasteiger partial charge is 0.310 e. The van der Waals surface area contributed by atoms with E-state index in [1.807, 2.05) is 6.08 Å². The van der Waals surface area contributed by atoms with Crippen LogP contribution < -0.4 is 5.32 Å². The predicted octanol–water partition coefficient (Wildman–Crippen LogP) is 0.752. The predicted molar refractivity (Wildman–Crippen MR) is 62.4 cm³/mol. The van der Waals surface area contributed by atoms with Gasteiger partial charge in [-0.15, -0.1) is 0 Å². The van der Waals surface area contributed by atoms with Gasteiger partial charge >= 0.3 is 0 Å². The lowest BCUT2D eigenvalue weighted by atomic mass is 10.1. The minimum atomic E-state index is -3.00. The van der Waals surface area contributed by atoms with Crippen molar-refractivity contribution in [3.63, 3.8) is 0 Å². The number of nitrogens with zero attached hydrogens (tertiary/aromatic N) is 1. The molecule has 1 saturated heterocycles. The molecule has 0 amide bonds. The Morgan fingerprint density at radius 3 is 2.53 bits per heavy atom. The molecule has 0 saturated carbocycles. The monoisotopic (exact) mass is 252 g/mol. The first kappa shape index (κ1) is 13.0. The van der Waals surface area contributed by atoms with Gasteiger partial charge in [-0.2, -0.15) is 0 Å². The fraction of sp³-hybridized carbons (Fsp3) is 0.778. The van der Waals surface area contributed by atoms with E-state index in [-0.39, 0.29) is 0 Å². The topological polar surface area (TPSA) is 49.4 Å². The molecule has 4 nitrogen and oxygen atoms in total. The van der Waals surface area contributed by atoms with E-state index in [1.54, 1.807) is 0 Å². The van der Waals surface area contributed by atoms with Gasteiger partial charge in [0.2, 0.25) is 10.0 Å². The third-order valence-electron chi connectivity index (χ3n) is 2.54. The summed E-state index contributed by atoms with van der Waals surface area (Å²) in [6.45, 7) is 1.97. The first-order valence-corrected chi connectivity index (χ1v) is 7.26. The highest BCUT2D eigenvalue weighted by molar-refractivity contribution is 7.88. The molecule has 0 aromatic rings. The molecule has 1 aliphatic heterocycles. The molecule has 0 unspecified atom stereocenters. The minimum absolute atomic E-state index is 0.399. The van der Waals surface area contributed by atoms with E-state index in [0.29, 0.717) is 19.1 Å². The number of halogens is 1. The Morgan fingerprint density at radius 2 is 2.07 bits per heavy atom. The SMILES string of the molecule is CS(=O)(=O)N1CCC(NC/C=C/Cl)CC1. The van der Waals surface area contributed by atoms with Gasteiger partial charge in [-0.3, -0.25) is 0 Å². The second-order valence-corrected chi connectivity index (χ2v) is 5.94. The average molecular weight is 253 g/mol. The van der Waals surface area contributed by atoms with E-state index in [0.717, 1.165) is 19.4 Å². The van der Waals surface area contributed by atoms with Crippen LogP contribution in [0.4, 0.5) is 0 Å². The summed E-state index contributed by atoms with van der Waals surface area (Å²) in [5.41, 5.74) is 1.48. The molecule has 88 valence electrons. The quantitative estimate of drug-likeness (QED) is 0.804. The van der Waals surface area contributed by atoms with Gasteiger partial charge in [0, 0.05) is 31.2 Å². The van der Waals surface area contributed by atoms with Crippen LogP contribution in [0, 0.1) is 0 Å². The fourth-order valence-electron chi connectivity index (χ4n) is 1.67. The number of hydrogen-bond acceptors (Lipinski definition) is 3. The smallest absolute Gasteiger partial charge is 0.211 e. The zero-order chi connectivity index (χ0) is 11.3. The third kappa shape index (κ3) is 4.51. The van der Waals surface area contributed by atoms with E-state index in [9.17, 15) is 8.42 Å². The Kier molecular flexibility index (Phi) is 5.05. The van der Waals surface area contributed by atoms with Crippen molar-refractivity contribution in [1.82, 2.24) is 9.62 Å². The molecule has 0 atom stereocenters. The Morgan fingerprint density at radius 1 is 1.47 bits per heavy atom. The maximum absolute atomic E-state index is 11.2. The lowest BCUT2D eigenvalue weighted by Crippen LogP contribution is -2.44. The van der Waals surface area contributed by atoms with Gasteiger partial charge in [0.1, 0.15) is 0 Å². The van der Waals surface area contributed by atoms with Crippen molar-refractivity contribution in [3.05, 3.63) is 11.6 Å². The number of rotatable bonds is 4. The van der Waals surface area contributed by atoms with Crippen LogP contribution in [0.2, 0.25) is 0 Å². The van der Waals surface area contributed by atoms with Gasteiger partial charge in [0.05, 0.1) is 6.26 Å². The first-order chi connectivity index (χ1) is 7.04. The van der Waals surface area contributed by atoms with Gasteiger partial charge in [0.15, 0.2) is 0 Å². The Labute approximate surface area is 96.3 Å². The Balaban J connectivity index is 2.30. The van der Waals surface area contributed by atoms with Crippen LogP contribution in [0.5, 0.6) is 0 Å². The Bertz CT molecular complexity index is 308. The van der Waals surface area contributed by atoms with E-state index in [2.05, 4.69) is 5.32 Å². The zero-order valence-corrected chi connectivity index (χ0v) is 10.4. The summed E-state index contributed by atoms with van der Waals surface area (Å²) in [7, 11) is -3.00. The molecule has 15 heavy (non-hydrogen) atoms. The summed E-state index contributed by atoms with van der Waals surface area (Å²) in [6.07, 6.45) is 4.83. The molecular formula is C9H17ClN2O2S. The first-order valence-electron chi connectivity index (χ1n) is 4.98. The molecule has 0 aromatic carbocycles. The zero-order valence-electron chi connectivity index (χ0n) is 8.82. The van der Waals surface area contributed by atoms with Gasteiger partial charge in [-0.1, -0.05) is 17.7 Å². The second-order valence-electron chi connectivity index (χ2n) is 3.71. The fourth-order valence-corrected chi connectivity index (χ4v) is 2.63. The highest BCUT2D eigenvalue weighted by Gasteiger charge is 2.23. The van der Waals surface area contributed by atoms with Crippen molar-refractivity contribution in [2.75, 3.05) is 25.9 Å². The molecule has 0 radical (unpaired) electrons. The van der Waals surface area contributed by atoms with Crippen LogP contribution in [0.15, 0.2) is 11.6 Å². The van der Waals surface area contributed by atoms with Crippen LogP contribution in [-0.4, -0.2) is 44.7 Å². The molecule has 0 aliphatic carbocycles. The van der Waals surface area contributed by atoms with Crippen LogP contribution in [0.3, 0.4) is 0 Å². The molecule has 1 aliphatic rings. The molecule has 0 bridgehead atoms. The van der Waals surface area contributed by atoms with Crippen molar-refractivity contribution in [2.45, 2.75) is 18.9 Å². The second kappa shape index (κ2) is 5.84. The van der Waals surface area contributed by atoms with Crippen molar-refractivity contribution >= 4 is 21.6 Å². The summed E-state index contributed by atoms with van der Waals surface area (Å²) >= 11 is 5.39. The molecule has 1 fully saturated rings.